The largest absolute Gasteiger partial charge is 0.469 e. The number of hydrogen-bond acceptors (Lipinski definition) is 5. The van der Waals surface area contributed by atoms with Crippen molar-refractivity contribution in [1.82, 2.24) is 4.98 Å². The Morgan fingerprint density at radius 3 is 3.14 bits per heavy atom. The second-order valence-corrected chi connectivity index (χ2v) is 5.26. The molecule has 0 aromatic carbocycles. The molecule has 0 spiro atoms. The number of carbonyl (C=O) groups excluding carboxylic acids is 1. The van der Waals surface area contributed by atoms with Gasteiger partial charge >= 0.3 is 5.97 Å². The maximum atomic E-state index is 10.8. The van der Waals surface area contributed by atoms with Crippen molar-refractivity contribution in [2.24, 2.45) is 0 Å². The van der Waals surface area contributed by atoms with Gasteiger partial charge in [-0.1, -0.05) is 11.6 Å². The summed E-state index contributed by atoms with van der Waals surface area (Å²) in [6.45, 7) is 0. The molecule has 6 heteroatoms. The van der Waals surface area contributed by atoms with E-state index in [0.29, 0.717) is 10.9 Å². The molecule has 1 heterocycles. The van der Waals surface area contributed by atoms with Gasteiger partial charge in [-0.2, -0.15) is 11.8 Å². The third-order valence-electron chi connectivity index (χ3n) is 1.45. The molecule has 0 radical (unpaired) electrons. The Morgan fingerprint density at radius 1 is 1.79 bits per heavy atom. The summed E-state index contributed by atoms with van der Waals surface area (Å²) in [5.74, 6) is 1.45. The highest BCUT2D eigenvalue weighted by atomic mass is 35.5. The Hall–Kier alpha value is -0.260. The van der Waals surface area contributed by atoms with E-state index in [9.17, 15) is 4.79 Å². The molecule has 1 rings (SSSR count). The fraction of sp³-hybridized carbons (Fsp3) is 0.500. The van der Waals surface area contributed by atoms with E-state index in [-0.39, 0.29) is 5.97 Å². The maximum Gasteiger partial charge on any atom is 0.306 e. The summed E-state index contributed by atoms with van der Waals surface area (Å²) in [5, 5.41) is 0. The standard InChI is InChI=1S/C8H10ClNO2S2/c1-12-7(11)2-3-13-5-6-4-10-8(9)14-6/h4H,2-3,5H2,1H3. The van der Waals surface area contributed by atoms with Crippen LogP contribution < -0.4 is 0 Å². The van der Waals surface area contributed by atoms with Gasteiger partial charge in [0.25, 0.3) is 0 Å². The minimum absolute atomic E-state index is 0.167. The van der Waals surface area contributed by atoms with Crippen molar-refractivity contribution in [3.8, 4) is 0 Å². The van der Waals surface area contributed by atoms with Gasteiger partial charge in [0.15, 0.2) is 4.47 Å². The Kier molecular flexibility index (Phi) is 5.29. The Bertz CT molecular complexity index is 303. The van der Waals surface area contributed by atoms with Crippen molar-refractivity contribution in [2.75, 3.05) is 12.9 Å². The number of halogens is 1. The van der Waals surface area contributed by atoms with Gasteiger partial charge in [-0.05, 0) is 0 Å². The summed E-state index contributed by atoms with van der Waals surface area (Å²) in [4.78, 5) is 15.8. The van der Waals surface area contributed by atoms with Gasteiger partial charge in [0.2, 0.25) is 0 Å². The zero-order valence-electron chi connectivity index (χ0n) is 7.66. The predicted octanol–water partition coefficient (Wildman–Crippen LogP) is 2.59. The van der Waals surface area contributed by atoms with Crippen LogP contribution in [-0.2, 0) is 15.3 Å². The van der Waals surface area contributed by atoms with Crippen LogP contribution in [-0.4, -0.2) is 23.8 Å². The highest BCUT2D eigenvalue weighted by Crippen LogP contribution is 2.22. The van der Waals surface area contributed by atoms with Crippen LogP contribution in [0.2, 0.25) is 4.47 Å². The first-order valence-corrected chi connectivity index (χ1v) is 6.32. The highest BCUT2D eigenvalue weighted by Gasteiger charge is 2.02. The average Bonchev–Trinajstić information content (AvgIpc) is 2.58. The van der Waals surface area contributed by atoms with Crippen LogP contribution in [0.1, 0.15) is 11.3 Å². The van der Waals surface area contributed by atoms with Crippen molar-refractivity contribution in [1.29, 1.82) is 0 Å². The summed E-state index contributed by atoms with van der Waals surface area (Å²) < 4.78 is 5.09. The molecule has 0 aliphatic carbocycles. The molecule has 0 amide bonds. The van der Waals surface area contributed by atoms with Crippen LogP contribution in [0.5, 0.6) is 0 Å². The van der Waals surface area contributed by atoms with Crippen molar-refractivity contribution in [3.63, 3.8) is 0 Å². The third kappa shape index (κ3) is 4.30. The quantitative estimate of drug-likeness (QED) is 0.596. The summed E-state index contributed by atoms with van der Waals surface area (Å²) in [6.07, 6.45) is 2.21. The highest BCUT2D eigenvalue weighted by molar-refractivity contribution is 7.98. The van der Waals surface area contributed by atoms with E-state index in [1.807, 2.05) is 0 Å². The summed E-state index contributed by atoms with van der Waals surface area (Å²) >= 11 is 8.81. The van der Waals surface area contributed by atoms with E-state index >= 15 is 0 Å². The molecule has 1 aromatic rings. The van der Waals surface area contributed by atoms with Gasteiger partial charge in [0.05, 0.1) is 13.5 Å². The molecular formula is C8H10ClNO2S2. The SMILES string of the molecule is COC(=O)CCSCc1cnc(Cl)s1. The van der Waals surface area contributed by atoms with Gasteiger partial charge in [0.1, 0.15) is 0 Å². The number of methoxy groups -OCH3 is 1. The molecule has 0 saturated carbocycles. The molecule has 0 atom stereocenters. The smallest absolute Gasteiger partial charge is 0.306 e. The zero-order valence-corrected chi connectivity index (χ0v) is 10.0. The minimum atomic E-state index is -0.167. The topological polar surface area (TPSA) is 39.2 Å². The summed E-state index contributed by atoms with van der Waals surface area (Å²) in [5.41, 5.74) is 0. The third-order valence-corrected chi connectivity index (χ3v) is 3.75. The van der Waals surface area contributed by atoms with Crippen LogP contribution in [0.3, 0.4) is 0 Å². The number of carbonyl (C=O) groups is 1. The number of hydrogen-bond donors (Lipinski definition) is 0. The molecular weight excluding hydrogens is 242 g/mol. The van der Waals surface area contributed by atoms with Gasteiger partial charge < -0.3 is 4.74 Å². The van der Waals surface area contributed by atoms with Crippen molar-refractivity contribution in [3.05, 3.63) is 15.5 Å². The van der Waals surface area contributed by atoms with Crippen LogP contribution in [0.15, 0.2) is 6.20 Å². The van der Waals surface area contributed by atoms with Crippen LogP contribution >= 0.6 is 34.7 Å². The van der Waals surface area contributed by atoms with Crippen LogP contribution in [0.25, 0.3) is 0 Å². The first-order valence-electron chi connectivity index (χ1n) is 3.97. The molecule has 78 valence electrons. The lowest BCUT2D eigenvalue weighted by Crippen LogP contribution is -2.00. The maximum absolute atomic E-state index is 10.8. The minimum Gasteiger partial charge on any atom is -0.469 e. The normalized spacial score (nSPS) is 10.1. The first kappa shape index (κ1) is 11.8. The van der Waals surface area contributed by atoms with E-state index < -0.39 is 0 Å². The lowest BCUT2D eigenvalue weighted by atomic mass is 10.5. The monoisotopic (exact) mass is 251 g/mol. The second kappa shape index (κ2) is 6.27. The number of esters is 1. The number of aromatic nitrogens is 1. The van der Waals surface area contributed by atoms with Crippen molar-refractivity contribution < 1.29 is 9.53 Å². The number of rotatable bonds is 5. The molecule has 0 unspecified atom stereocenters. The summed E-state index contributed by atoms with van der Waals surface area (Å²) in [6, 6.07) is 0. The van der Waals surface area contributed by atoms with E-state index in [2.05, 4.69) is 9.72 Å². The fourth-order valence-electron chi connectivity index (χ4n) is 0.781. The van der Waals surface area contributed by atoms with Gasteiger partial charge in [-0.25, -0.2) is 4.98 Å². The molecule has 0 saturated heterocycles. The molecule has 0 fully saturated rings. The molecule has 0 bridgehead atoms. The Morgan fingerprint density at radius 2 is 2.57 bits per heavy atom. The molecule has 0 N–H and O–H groups in total. The van der Waals surface area contributed by atoms with Gasteiger partial charge in [-0.15, -0.1) is 11.3 Å². The first-order chi connectivity index (χ1) is 6.72. The molecule has 3 nitrogen and oxygen atoms in total. The molecule has 14 heavy (non-hydrogen) atoms. The van der Waals surface area contributed by atoms with E-state index in [1.165, 1.54) is 18.4 Å². The molecule has 0 aliphatic rings. The van der Waals surface area contributed by atoms with E-state index in [4.69, 9.17) is 11.6 Å². The number of thiazole rings is 1. The van der Waals surface area contributed by atoms with E-state index in [0.717, 1.165) is 16.4 Å². The van der Waals surface area contributed by atoms with Crippen molar-refractivity contribution in [2.45, 2.75) is 12.2 Å². The van der Waals surface area contributed by atoms with E-state index in [1.54, 1.807) is 18.0 Å². The lowest BCUT2D eigenvalue weighted by molar-refractivity contribution is -0.140. The van der Waals surface area contributed by atoms with Crippen LogP contribution in [0.4, 0.5) is 0 Å². The zero-order chi connectivity index (χ0) is 10.4. The number of thioether (sulfide) groups is 1. The van der Waals surface area contributed by atoms with Gasteiger partial charge in [-0.3, -0.25) is 4.79 Å². The Balaban J connectivity index is 2.13. The number of nitrogens with zero attached hydrogens (tertiary/aromatic N) is 1. The van der Waals surface area contributed by atoms with Crippen LogP contribution in [0, 0.1) is 0 Å². The predicted molar refractivity (Wildman–Crippen MR) is 59.9 cm³/mol. The fourth-order valence-corrected chi connectivity index (χ4v) is 2.77. The average molecular weight is 252 g/mol. The van der Waals surface area contributed by atoms with Gasteiger partial charge in [0, 0.05) is 22.6 Å². The number of ether oxygens (including phenoxy) is 1. The summed E-state index contributed by atoms with van der Waals surface area (Å²) in [7, 11) is 1.40. The lowest BCUT2D eigenvalue weighted by Gasteiger charge is -1.98. The Labute approximate surface area is 95.8 Å². The molecule has 1 aromatic heterocycles. The molecule has 0 aliphatic heterocycles. The second-order valence-electron chi connectivity index (χ2n) is 2.46. The van der Waals surface area contributed by atoms with Crippen molar-refractivity contribution >= 4 is 40.7 Å².